The van der Waals surface area contributed by atoms with Crippen molar-refractivity contribution in [3.8, 4) is 5.75 Å². The van der Waals surface area contributed by atoms with Crippen molar-refractivity contribution in [3.63, 3.8) is 0 Å². The SMILES string of the molecule is COc1cccc(C(=O)NC(C)(C)C)c1N. The fourth-order valence-electron chi connectivity index (χ4n) is 1.33. The van der Waals surface area contributed by atoms with E-state index in [9.17, 15) is 4.79 Å². The van der Waals surface area contributed by atoms with Gasteiger partial charge in [0.1, 0.15) is 5.75 Å². The van der Waals surface area contributed by atoms with Crippen molar-refractivity contribution in [2.45, 2.75) is 26.3 Å². The normalized spacial score (nSPS) is 11.0. The standard InChI is InChI=1S/C12H18N2O2/c1-12(2,3)14-11(15)8-6-5-7-9(16-4)10(8)13/h5-7H,13H2,1-4H3,(H,14,15). The lowest BCUT2D eigenvalue weighted by atomic mass is 10.1. The zero-order chi connectivity index (χ0) is 12.3. The summed E-state index contributed by atoms with van der Waals surface area (Å²) >= 11 is 0. The molecule has 1 aromatic rings. The second-order valence-corrected chi connectivity index (χ2v) is 4.63. The molecule has 0 atom stereocenters. The molecule has 16 heavy (non-hydrogen) atoms. The summed E-state index contributed by atoms with van der Waals surface area (Å²) in [5.41, 5.74) is 6.35. The van der Waals surface area contributed by atoms with Gasteiger partial charge in [-0.15, -0.1) is 0 Å². The highest BCUT2D eigenvalue weighted by Crippen LogP contribution is 2.24. The lowest BCUT2D eigenvalue weighted by molar-refractivity contribution is 0.0920. The van der Waals surface area contributed by atoms with Gasteiger partial charge in [-0.3, -0.25) is 4.79 Å². The third kappa shape index (κ3) is 2.89. The third-order valence-corrected chi connectivity index (χ3v) is 2.02. The van der Waals surface area contributed by atoms with Crippen LogP contribution >= 0.6 is 0 Å². The van der Waals surface area contributed by atoms with Crippen LogP contribution in [0.1, 0.15) is 31.1 Å². The molecule has 0 aliphatic rings. The molecular weight excluding hydrogens is 204 g/mol. The van der Waals surface area contributed by atoms with Crippen molar-refractivity contribution in [3.05, 3.63) is 23.8 Å². The molecule has 0 saturated heterocycles. The Labute approximate surface area is 95.8 Å². The van der Waals surface area contributed by atoms with Gasteiger partial charge in [-0.25, -0.2) is 0 Å². The Hall–Kier alpha value is -1.71. The summed E-state index contributed by atoms with van der Waals surface area (Å²) < 4.78 is 5.06. The van der Waals surface area contributed by atoms with Gasteiger partial charge >= 0.3 is 0 Å². The molecular formula is C12H18N2O2. The zero-order valence-electron chi connectivity index (χ0n) is 10.1. The number of para-hydroxylation sites is 1. The number of rotatable bonds is 2. The van der Waals surface area contributed by atoms with Crippen molar-refractivity contribution in [1.29, 1.82) is 0 Å². The van der Waals surface area contributed by atoms with Gasteiger partial charge in [-0.05, 0) is 32.9 Å². The lowest BCUT2D eigenvalue weighted by Gasteiger charge is -2.21. The van der Waals surface area contributed by atoms with Crippen LogP contribution in [0, 0.1) is 0 Å². The summed E-state index contributed by atoms with van der Waals surface area (Å²) in [6.45, 7) is 5.75. The van der Waals surface area contributed by atoms with E-state index in [-0.39, 0.29) is 11.4 Å². The second-order valence-electron chi connectivity index (χ2n) is 4.63. The van der Waals surface area contributed by atoms with Gasteiger partial charge in [0.25, 0.3) is 5.91 Å². The Morgan fingerprint density at radius 2 is 2.00 bits per heavy atom. The van der Waals surface area contributed by atoms with Crippen LogP contribution in [0.4, 0.5) is 5.69 Å². The first-order valence-corrected chi connectivity index (χ1v) is 5.10. The van der Waals surface area contributed by atoms with E-state index in [0.717, 1.165) is 0 Å². The van der Waals surface area contributed by atoms with Crippen LogP contribution in [-0.4, -0.2) is 18.6 Å². The van der Waals surface area contributed by atoms with E-state index >= 15 is 0 Å². The molecule has 0 unspecified atom stereocenters. The van der Waals surface area contributed by atoms with Gasteiger partial charge < -0.3 is 15.8 Å². The van der Waals surface area contributed by atoms with Crippen LogP contribution in [0.5, 0.6) is 5.75 Å². The molecule has 0 saturated carbocycles. The largest absolute Gasteiger partial charge is 0.495 e. The predicted octanol–water partition coefficient (Wildman–Crippen LogP) is 1.81. The average molecular weight is 222 g/mol. The fraction of sp³-hybridized carbons (Fsp3) is 0.417. The minimum Gasteiger partial charge on any atom is -0.495 e. The minimum absolute atomic E-state index is 0.191. The first-order chi connectivity index (χ1) is 7.35. The molecule has 0 aliphatic carbocycles. The summed E-state index contributed by atoms with van der Waals surface area (Å²) in [7, 11) is 1.52. The van der Waals surface area contributed by atoms with E-state index < -0.39 is 0 Å². The molecule has 0 aliphatic heterocycles. The number of hydrogen-bond acceptors (Lipinski definition) is 3. The maximum atomic E-state index is 11.9. The zero-order valence-corrected chi connectivity index (χ0v) is 10.1. The maximum absolute atomic E-state index is 11.9. The van der Waals surface area contributed by atoms with Gasteiger partial charge in [0.2, 0.25) is 0 Å². The monoisotopic (exact) mass is 222 g/mol. The van der Waals surface area contributed by atoms with Crippen LogP contribution in [-0.2, 0) is 0 Å². The maximum Gasteiger partial charge on any atom is 0.253 e. The molecule has 0 radical (unpaired) electrons. The van der Waals surface area contributed by atoms with Gasteiger partial charge in [-0.2, -0.15) is 0 Å². The van der Waals surface area contributed by atoms with Crippen LogP contribution in [0.2, 0.25) is 0 Å². The van der Waals surface area contributed by atoms with E-state index in [1.165, 1.54) is 7.11 Å². The lowest BCUT2D eigenvalue weighted by Crippen LogP contribution is -2.40. The number of amides is 1. The molecule has 1 aromatic carbocycles. The molecule has 0 aromatic heterocycles. The molecule has 1 amide bonds. The van der Waals surface area contributed by atoms with E-state index in [0.29, 0.717) is 17.0 Å². The number of hydrogen-bond donors (Lipinski definition) is 2. The highest BCUT2D eigenvalue weighted by Gasteiger charge is 2.18. The molecule has 4 nitrogen and oxygen atoms in total. The molecule has 0 spiro atoms. The summed E-state index contributed by atoms with van der Waals surface area (Å²) in [5.74, 6) is 0.324. The second kappa shape index (κ2) is 4.43. The topological polar surface area (TPSA) is 64.3 Å². The van der Waals surface area contributed by atoms with Crippen molar-refractivity contribution in [2.24, 2.45) is 0 Å². The van der Waals surface area contributed by atoms with Gasteiger partial charge in [-0.1, -0.05) is 6.07 Å². The van der Waals surface area contributed by atoms with E-state index in [1.54, 1.807) is 18.2 Å². The Balaban J connectivity index is 3.01. The molecule has 3 N–H and O–H groups in total. The van der Waals surface area contributed by atoms with Gasteiger partial charge in [0.05, 0.1) is 18.4 Å². The highest BCUT2D eigenvalue weighted by atomic mass is 16.5. The number of carbonyl (C=O) groups is 1. The smallest absolute Gasteiger partial charge is 0.253 e. The van der Waals surface area contributed by atoms with E-state index in [4.69, 9.17) is 10.5 Å². The first-order valence-electron chi connectivity index (χ1n) is 5.10. The third-order valence-electron chi connectivity index (χ3n) is 2.02. The number of nitrogens with one attached hydrogen (secondary N) is 1. The Morgan fingerprint density at radius 1 is 1.38 bits per heavy atom. The van der Waals surface area contributed by atoms with E-state index in [1.807, 2.05) is 20.8 Å². The summed E-state index contributed by atoms with van der Waals surface area (Å²) in [6.07, 6.45) is 0. The summed E-state index contributed by atoms with van der Waals surface area (Å²) in [4.78, 5) is 11.9. The molecule has 4 heteroatoms. The summed E-state index contributed by atoms with van der Waals surface area (Å²) in [5, 5.41) is 2.85. The number of ether oxygens (including phenoxy) is 1. The average Bonchev–Trinajstić information content (AvgIpc) is 2.15. The number of nitrogens with two attached hydrogens (primary N) is 1. The van der Waals surface area contributed by atoms with E-state index in [2.05, 4.69) is 5.32 Å². The number of benzene rings is 1. The molecule has 88 valence electrons. The quantitative estimate of drug-likeness (QED) is 0.750. The predicted molar refractivity (Wildman–Crippen MR) is 64.6 cm³/mol. The molecule has 1 rings (SSSR count). The minimum atomic E-state index is -0.285. The van der Waals surface area contributed by atoms with Crippen LogP contribution < -0.4 is 15.8 Å². The first kappa shape index (κ1) is 12.4. The molecule has 0 heterocycles. The van der Waals surface area contributed by atoms with Crippen molar-refractivity contribution >= 4 is 11.6 Å². The van der Waals surface area contributed by atoms with Crippen LogP contribution in [0.3, 0.4) is 0 Å². The number of anilines is 1. The molecule has 0 bridgehead atoms. The van der Waals surface area contributed by atoms with Gasteiger partial charge in [0, 0.05) is 5.54 Å². The van der Waals surface area contributed by atoms with Crippen molar-refractivity contribution < 1.29 is 9.53 Å². The number of nitrogen functional groups attached to an aromatic ring is 1. The number of methoxy groups -OCH3 is 1. The van der Waals surface area contributed by atoms with Crippen molar-refractivity contribution in [1.82, 2.24) is 5.32 Å². The van der Waals surface area contributed by atoms with Crippen LogP contribution in [0.25, 0.3) is 0 Å². The fourth-order valence-corrected chi connectivity index (χ4v) is 1.33. The summed E-state index contributed by atoms with van der Waals surface area (Å²) in [6, 6.07) is 5.15. The van der Waals surface area contributed by atoms with Gasteiger partial charge in [0.15, 0.2) is 0 Å². The Morgan fingerprint density at radius 3 is 2.50 bits per heavy atom. The molecule has 0 fully saturated rings. The van der Waals surface area contributed by atoms with Crippen LogP contribution in [0.15, 0.2) is 18.2 Å². The van der Waals surface area contributed by atoms with Crippen molar-refractivity contribution in [2.75, 3.05) is 12.8 Å². The number of carbonyl (C=O) groups excluding carboxylic acids is 1. The Kier molecular flexibility index (Phi) is 3.42. The highest BCUT2D eigenvalue weighted by molar-refractivity contribution is 6.00. The Bertz CT molecular complexity index is 394.